The van der Waals surface area contributed by atoms with E-state index < -0.39 is 5.24 Å². The SMILES string of the molecule is O=C(Cl)c1cc(Cl)n2nccc2n1. The van der Waals surface area contributed by atoms with E-state index in [1.165, 1.54) is 16.8 Å². The lowest BCUT2D eigenvalue weighted by Crippen LogP contribution is -1.99. The van der Waals surface area contributed by atoms with Crippen molar-refractivity contribution < 1.29 is 4.79 Å². The van der Waals surface area contributed by atoms with E-state index in [9.17, 15) is 4.79 Å². The fourth-order valence-electron chi connectivity index (χ4n) is 0.976. The summed E-state index contributed by atoms with van der Waals surface area (Å²) in [5.41, 5.74) is 0.621. The first kappa shape index (κ1) is 8.47. The lowest BCUT2D eigenvalue weighted by molar-refractivity contribution is 0.107. The molecule has 0 spiro atoms. The van der Waals surface area contributed by atoms with Gasteiger partial charge in [0.25, 0.3) is 5.24 Å². The van der Waals surface area contributed by atoms with Gasteiger partial charge >= 0.3 is 0 Å². The van der Waals surface area contributed by atoms with Crippen molar-refractivity contribution in [2.75, 3.05) is 0 Å². The average Bonchev–Trinajstić information content (AvgIpc) is 2.51. The van der Waals surface area contributed by atoms with Crippen LogP contribution in [0.15, 0.2) is 18.3 Å². The summed E-state index contributed by atoms with van der Waals surface area (Å²) in [6, 6.07) is 3.01. The summed E-state index contributed by atoms with van der Waals surface area (Å²) in [5, 5.41) is 3.56. The summed E-state index contributed by atoms with van der Waals surface area (Å²) >= 11 is 11.1. The Morgan fingerprint density at radius 2 is 2.31 bits per heavy atom. The van der Waals surface area contributed by atoms with Crippen LogP contribution >= 0.6 is 23.2 Å². The molecule has 0 saturated heterocycles. The number of rotatable bonds is 1. The van der Waals surface area contributed by atoms with Gasteiger partial charge in [-0.05, 0) is 11.6 Å². The Bertz CT molecular complexity index is 480. The fraction of sp³-hybridized carbons (Fsp3) is 0. The topological polar surface area (TPSA) is 47.3 Å². The first-order valence-electron chi connectivity index (χ1n) is 3.38. The molecule has 0 radical (unpaired) electrons. The van der Waals surface area contributed by atoms with Gasteiger partial charge in [0.2, 0.25) is 0 Å². The van der Waals surface area contributed by atoms with Crippen LogP contribution in [0.4, 0.5) is 0 Å². The van der Waals surface area contributed by atoms with Crippen LogP contribution in [0.1, 0.15) is 10.5 Å². The van der Waals surface area contributed by atoms with Crippen molar-refractivity contribution in [2.45, 2.75) is 0 Å². The van der Waals surface area contributed by atoms with Gasteiger partial charge in [-0.2, -0.15) is 5.10 Å². The van der Waals surface area contributed by atoms with Gasteiger partial charge in [0.05, 0.1) is 6.20 Å². The van der Waals surface area contributed by atoms with Gasteiger partial charge in [0.1, 0.15) is 10.8 Å². The number of fused-ring (bicyclic) bond motifs is 1. The molecule has 2 aromatic heterocycles. The highest BCUT2D eigenvalue weighted by Gasteiger charge is 2.08. The number of carbonyl (C=O) groups excluding carboxylic acids is 1. The number of hydrogen-bond acceptors (Lipinski definition) is 3. The third kappa shape index (κ3) is 1.38. The molecule has 0 aliphatic rings. The molecule has 2 heterocycles. The first-order chi connectivity index (χ1) is 6.18. The molecular weight excluding hydrogens is 213 g/mol. The zero-order chi connectivity index (χ0) is 9.42. The van der Waals surface area contributed by atoms with Crippen LogP contribution in [-0.4, -0.2) is 19.8 Å². The van der Waals surface area contributed by atoms with Gasteiger partial charge in [-0.1, -0.05) is 11.6 Å². The van der Waals surface area contributed by atoms with Crippen molar-refractivity contribution in [1.29, 1.82) is 0 Å². The minimum absolute atomic E-state index is 0.125. The van der Waals surface area contributed by atoms with Crippen molar-refractivity contribution in [3.63, 3.8) is 0 Å². The van der Waals surface area contributed by atoms with Crippen LogP contribution in [-0.2, 0) is 0 Å². The Balaban J connectivity index is 2.77. The van der Waals surface area contributed by atoms with Gasteiger partial charge in [-0.15, -0.1) is 0 Å². The van der Waals surface area contributed by atoms with E-state index in [0.29, 0.717) is 10.8 Å². The average molecular weight is 216 g/mol. The maximum atomic E-state index is 10.8. The molecule has 0 fully saturated rings. The highest BCUT2D eigenvalue weighted by atomic mass is 35.5. The molecule has 4 nitrogen and oxygen atoms in total. The second-order valence-electron chi connectivity index (χ2n) is 2.34. The minimum Gasteiger partial charge on any atom is -0.274 e. The highest BCUT2D eigenvalue weighted by molar-refractivity contribution is 6.67. The second-order valence-corrected chi connectivity index (χ2v) is 3.07. The van der Waals surface area contributed by atoms with E-state index in [0.717, 1.165) is 0 Å². The van der Waals surface area contributed by atoms with Crippen LogP contribution in [0, 0.1) is 0 Å². The molecule has 2 aromatic rings. The van der Waals surface area contributed by atoms with Gasteiger partial charge in [0, 0.05) is 12.1 Å². The van der Waals surface area contributed by atoms with Crippen molar-refractivity contribution >= 4 is 34.1 Å². The summed E-state index contributed by atoms with van der Waals surface area (Å²) < 4.78 is 1.41. The molecule has 6 heteroatoms. The van der Waals surface area contributed by atoms with Crippen molar-refractivity contribution in [3.8, 4) is 0 Å². The lowest BCUT2D eigenvalue weighted by atomic mass is 10.4. The minimum atomic E-state index is -0.634. The van der Waals surface area contributed by atoms with Gasteiger partial charge in [-0.25, -0.2) is 9.50 Å². The quantitative estimate of drug-likeness (QED) is 0.539. The van der Waals surface area contributed by atoms with Gasteiger partial charge < -0.3 is 0 Å². The molecule has 0 aliphatic heterocycles. The third-order valence-corrected chi connectivity index (χ3v) is 1.98. The standard InChI is InChI=1S/C7H3Cl2N3O/c8-5-3-4(7(9)13)11-6-1-2-10-12(5)6/h1-3H. The van der Waals surface area contributed by atoms with Crippen molar-refractivity contribution in [2.24, 2.45) is 0 Å². The summed E-state index contributed by atoms with van der Waals surface area (Å²) in [7, 11) is 0. The van der Waals surface area contributed by atoms with Crippen LogP contribution in [0.25, 0.3) is 5.65 Å². The molecule has 0 atom stereocenters. The molecule has 0 bridgehead atoms. The maximum Gasteiger partial charge on any atom is 0.271 e. The Labute approximate surface area is 83.1 Å². The van der Waals surface area contributed by atoms with E-state index in [2.05, 4.69) is 10.1 Å². The summed E-state index contributed by atoms with van der Waals surface area (Å²) in [4.78, 5) is 14.7. The Morgan fingerprint density at radius 3 is 3.00 bits per heavy atom. The van der Waals surface area contributed by atoms with Crippen LogP contribution in [0.2, 0.25) is 5.15 Å². The number of carbonyl (C=O) groups is 1. The Kier molecular flexibility index (Phi) is 1.94. The molecular formula is C7H3Cl2N3O. The zero-order valence-corrected chi connectivity index (χ0v) is 7.75. The fourth-order valence-corrected chi connectivity index (χ4v) is 1.31. The molecule has 66 valence electrons. The molecule has 0 N–H and O–H groups in total. The monoisotopic (exact) mass is 215 g/mol. The third-order valence-electron chi connectivity index (χ3n) is 1.52. The van der Waals surface area contributed by atoms with Crippen LogP contribution < -0.4 is 0 Å². The number of nitrogens with zero attached hydrogens (tertiary/aromatic N) is 3. The molecule has 0 aliphatic carbocycles. The molecule has 0 saturated carbocycles. The lowest BCUT2D eigenvalue weighted by Gasteiger charge is -1.97. The normalized spacial score (nSPS) is 10.6. The summed E-state index contributed by atoms with van der Waals surface area (Å²) in [5.74, 6) is 0. The number of halogens is 2. The van der Waals surface area contributed by atoms with Crippen LogP contribution in [0.3, 0.4) is 0 Å². The van der Waals surface area contributed by atoms with E-state index in [-0.39, 0.29) is 5.69 Å². The molecule has 0 aromatic carbocycles. The van der Waals surface area contributed by atoms with E-state index in [1.807, 2.05) is 0 Å². The largest absolute Gasteiger partial charge is 0.274 e. The maximum absolute atomic E-state index is 10.8. The Morgan fingerprint density at radius 1 is 1.54 bits per heavy atom. The second kappa shape index (κ2) is 2.97. The van der Waals surface area contributed by atoms with Crippen LogP contribution in [0.5, 0.6) is 0 Å². The zero-order valence-electron chi connectivity index (χ0n) is 6.24. The van der Waals surface area contributed by atoms with Crippen molar-refractivity contribution in [1.82, 2.24) is 14.6 Å². The number of hydrogen-bond donors (Lipinski definition) is 0. The van der Waals surface area contributed by atoms with Crippen molar-refractivity contribution in [3.05, 3.63) is 29.2 Å². The predicted molar refractivity (Wildman–Crippen MR) is 48.2 cm³/mol. The summed E-state index contributed by atoms with van der Waals surface area (Å²) in [6.45, 7) is 0. The predicted octanol–water partition coefficient (Wildman–Crippen LogP) is 1.76. The smallest absolute Gasteiger partial charge is 0.271 e. The Hall–Kier alpha value is -1.13. The highest BCUT2D eigenvalue weighted by Crippen LogP contribution is 2.13. The molecule has 13 heavy (non-hydrogen) atoms. The summed E-state index contributed by atoms with van der Waals surface area (Å²) in [6.07, 6.45) is 1.54. The van der Waals surface area contributed by atoms with Gasteiger partial charge in [-0.3, -0.25) is 4.79 Å². The molecule has 0 amide bonds. The molecule has 0 unspecified atom stereocenters. The first-order valence-corrected chi connectivity index (χ1v) is 4.14. The number of aromatic nitrogens is 3. The van der Waals surface area contributed by atoms with E-state index in [1.54, 1.807) is 6.07 Å². The van der Waals surface area contributed by atoms with E-state index in [4.69, 9.17) is 23.2 Å². The van der Waals surface area contributed by atoms with Gasteiger partial charge in [0.15, 0.2) is 5.65 Å². The molecule has 2 rings (SSSR count). The van der Waals surface area contributed by atoms with E-state index >= 15 is 0 Å².